The van der Waals surface area contributed by atoms with Crippen molar-refractivity contribution >= 4 is 11.9 Å². The zero-order valence-electron chi connectivity index (χ0n) is 14.1. The summed E-state index contributed by atoms with van der Waals surface area (Å²) in [5.41, 5.74) is 1.10. The molecule has 1 amide bonds. The first-order valence-corrected chi connectivity index (χ1v) is 8.15. The average Bonchev–Trinajstić information content (AvgIpc) is 2.58. The van der Waals surface area contributed by atoms with Crippen molar-refractivity contribution in [1.29, 1.82) is 0 Å². The smallest absolute Gasteiger partial charge is 0.308 e. The molecular formula is C18H25NO4. The van der Waals surface area contributed by atoms with E-state index in [0.717, 1.165) is 11.3 Å². The number of methoxy groups -OCH3 is 1. The second kappa shape index (κ2) is 7.99. The highest BCUT2D eigenvalue weighted by molar-refractivity contribution is 5.81. The Morgan fingerprint density at radius 3 is 2.57 bits per heavy atom. The topological polar surface area (TPSA) is 55.8 Å². The van der Waals surface area contributed by atoms with Gasteiger partial charge in [0.15, 0.2) is 6.10 Å². The van der Waals surface area contributed by atoms with Gasteiger partial charge >= 0.3 is 5.97 Å². The van der Waals surface area contributed by atoms with Crippen molar-refractivity contribution in [2.45, 2.75) is 39.2 Å². The number of rotatable bonds is 5. The Kier molecular flexibility index (Phi) is 6.02. The van der Waals surface area contributed by atoms with Crippen LogP contribution in [0.3, 0.4) is 0 Å². The van der Waals surface area contributed by atoms with Gasteiger partial charge in [0.2, 0.25) is 0 Å². The number of carbonyl (C=O) groups excluding carboxylic acids is 2. The van der Waals surface area contributed by atoms with Gasteiger partial charge in [-0.2, -0.15) is 0 Å². The van der Waals surface area contributed by atoms with Crippen LogP contribution in [0.1, 0.15) is 31.7 Å². The van der Waals surface area contributed by atoms with Crippen molar-refractivity contribution in [3.8, 4) is 5.75 Å². The molecule has 1 aliphatic heterocycles. The Hall–Kier alpha value is -2.04. The van der Waals surface area contributed by atoms with E-state index in [-0.39, 0.29) is 17.8 Å². The Morgan fingerprint density at radius 1 is 1.30 bits per heavy atom. The summed E-state index contributed by atoms with van der Waals surface area (Å²) in [7, 11) is 1.41. The molecule has 1 aliphatic rings. The molecule has 0 spiro atoms. The zero-order chi connectivity index (χ0) is 16.8. The number of hydrogen-bond donors (Lipinski definition) is 0. The maximum atomic E-state index is 12.6. The highest BCUT2D eigenvalue weighted by atomic mass is 16.5. The Balaban J connectivity index is 1.94. The summed E-state index contributed by atoms with van der Waals surface area (Å²) in [6.07, 6.45) is 1.44. The van der Waals surface area contributed by atoms with Crippen molar-refractivity contribution in [3.63, 3.8) is 0 Å². The molecule has 0 aliphatic carbocycles. The average molecular weight is 319 g/mol. The fraction of sp³-hybridized carbons (Fsp3) is 0.556. The number of nitrogens with zero attached hydrogens (tertiary/aromatic N) is 1. The van der Waals surface area contributed by atoms with Gasteiger partial charge in [-0.15, -0.1) is 0 Å². The first-order chi connectivity index (χ1) is 11.0. The van der Waals surface area contributed by atoms with Crippen molar-refractivity contribution < 1.29 is 19.1 Å². The summed E-state index contributed by atoms with van der Waals surface area (Å²) in [6.45, 7) is 5.09. The van der Waals surface area contributed by atoms with Crippen LogP contribution >= 0.6 is 0 Å². The van der Waals surface area contributed by atoms with Crippen LogP contribution in [-0.4, -0.2) is 43.1 Å². The minimum atomic E-state index is -0.480. The van der Waals surface area contributed by atoms with E-state index in [1.54, 1.807) is 4.90 Å². The molecule has 1 saturated heterocycles. The summed E-state index contributed by atoms with van der Waals surface area (Å²) >= 11 is 0. The third kappa shape index (κ3) is 4.47. The molecule has 0 aromatic heterocycles. The second-order valence-electron chi connectivity index (χ2n) is 5.95. The Morgan fingerprint density at radius 2 is 2.00 bits per heavy atom. The van der Waals surface area contributed by atoms with E-state index in [4.69, 9.17) is 9.47 Å². The van der Waals surface area contributed by atoms with E-state index >= 15 is 0 Å². The van der Waals surface area contributed by atoms with Gasteiger partial charge in [0.25, 0.3) is 5.91 Å². The van der Waals surface area contributed by atoms with Crippen LogP contribution in [-0.2, 0) is 14.3 Å². The predicted octanol–water partition coefficient (Wildman–Crippen LogP) is 2.56. The van der Waals surface area contributed by atoms with Gasteiger partial charge in [0.1, 0.15) is 5.75 Å². The van der Waals surface area contributed by atoms with Crippen LogP contribution in [0.25, 0.3) is 0 Å². The number of esters is 1. The Bertz CT molecular complexity index is 550. The monoisotopic (exact) mass is 319 g/mol. The molecule has 1 aromatic rings. The van der Waals surface area contributed by atoms with Gasteiger partial charge in [-0.05, 0) is 43.9 Å². The van der Waals surface area contributed by atoms with Gasteiger partial charge in [0.05, 0.1) is 13.0 Å². The molecule has 1 fully saturated rings. The lowest BCUT2D eigenvalue weighted by Gasteiger charge is -2.33. The number of piperidine rings is 1. The van der Waals surface area contributed by atoms with E-state index in [9.17, 15) is 9.59 Å². The summed E-state index contributed by atoms with van der Waals surface area (Å²) in [5, 5.41) is 0. The van der Waals surface area contributed by atoms with Crippen molar-refractivity contribution in [2.75, 3.05) is 20.2 Å². The maximum Gasteiger partial charge on any atom is 0.308 e. The molecule has 2 rings (SSSR count). The molecular weight excluding hydrogens is 294 g/mol. The third-order valence-electron chi connectivity index (χ3n) is 4.26. The lowest BCUT2D eigenvalue weighted by atomic mass is 9.96. The van der Waals surface area contributed by atoms with Crippen LogP contribution in [0.5, 0.6) is 5.75 Å². The van der Waals surface area contributed by atoms with E-state index in [2.05, 4.69) is 0 Å². The summed E-state index contributed by atoms with van der Waals surface area (Å²) < 4.78 is 10.6. The number of likely N-dealkylation sites (tertiary alicyclic amines) is 1. The van der Waals surface area contributed by atoms with Crippen molar-refractivity contribution in [3.05, 3.63) is 29.8 Å². The largest absolute Gasteiger partial charge is 0.481 e. The fourth-order valence-corrected chi connectivity index (χ4v) is 2.87. The molecule has 0 bridgehead atoms. The summed E-state index contributed by atoms with van der Waals surface area (Å²) in [5.74, 6) is 0.439. The SMILES string of the molecule is CC[C@@H](Oc1cccc(C)c1)C(=O)N1CCC(C(=O)OC)CC1. The lowest BCUT2D eigenvalue weighted by molar-refractivity contribution is -0.150. The van der Waals surface area contributed by atoms with E-state index in [1.165, 1.54) is 7.11 Å². The Labute approximate surface area is 137 Å². The molecule has 5 nitrogen and oxygen atoms in total. The molecule has 126 valence electrons. The molecule has 0 saturated carbocycles. The number of carbonyl (C=O) groups is 2. The van der Waals surface area contributed by atoms with Crippen LogP contribution in [0.4, 0.5) is 0 Å². The number of ether oxygens (including phenoxy) is 2. The standard InChI is InChI=1S/C18H25NO4/c1-4-16(23-15-7-5-6-13(2)12-15)17(20)19-10-8-14(9-11-19)18(21)22-3/h5-7,12,14,16H,4,8-11H2,1-3H3/t16-/m1/s1. The molecule has 0 N–H and O–H groups in total. The minimum Gasteiger partial charge on any atom is -0.481 e. The van der Waals surface area contributed by atoms with Gasteiger partial charge in [-0.25, -0.2) is 0 Å². The summed E-state index contributed by atoms with van der Waals surface area (Å²) in [6, 6.07) is 7.71. The molecule has 0 unspecified atom stereocenters. The van der Waals surface area contributed by atoms with Crippen molar-refractivity contribution in [2.24, 2.45) is 5.92 Å². The first kappa shape index (κ1) is 17.3. The molecule has 1 atom stereocenters. The number of hydrogen-bond acceptors (Lipinski definition) is 4. The van der Waals surface area contributed by atoms with Gasteiger partial charge in [-0.3, -0.25) is 9.59 Å². The first-order valence-electron chi connectivity index (χ1n) is 8.15. The molecule has 5 heteroatoms. The van der Waals surface area contributed by atoms with E-state index < -0.39 is 6.10 Å². The van der Waals surface area contributed by atoms with E-state index in [0.29, 0.717) is 32.4 Å². The highest BCUT2D eigenvalue weighted by Crippen LogP contribution is 2.21. The second-order valence-corrected chi connectivity index (χ2v) is 5.95. The van der Waals surface area contributed by atoms with Gasteiger partial charge in [-0.1, -0.05) is 19.1 Å². The summed E-state index contributed by atoms with van der Waals surface area (Å²) in [4.78, 5) is 26.0. The van der Waals surface area contributed by atoms with Gasteiger partial charge in [0, 0.05) is 13.1 Å². The van der Waals surface area contributed by atoms with Crippen LogP contribution < -0.4 is 4.74 Å². The highest BCUT2D eigenvalue weighted by Gasteiger charge is 2.31. The molecule has 0 radical (unpaired) electrons. The van der Waals surface area contributed by atoms with Crippen LogP contribution in [0.2, 0.25) is 0 Å². The normalized spacial score (nSPS) is 16.7. The van der Waals surface area contributed by atoms with Crippen LogP contribution in [0.15, 0.2) is 24.3 Å². The maximum absolute atomic E-state index is 12.6. The fourth-order valence-electron chi connectivity index (χ4n) is 2.87. The number of aryl methyl sites for hydroxylation is 1. The lowest BCUT2D eigenvalue weighted by Crippen LogP contribution is -2.46. The third-order valence-corrected chi connectivity index (χ3v) is 4.26. The van der Waals surface area contributed by atoms with Crippen molar-refractivity contribution in [1.82, 2.24) is 4.90 Å². The number of amides is 1. The van der Waals surface area contributed by atoms with Crippen LogP contribution in [0, 0.1) is 12.8 Å². The zero-order valence-corrected chi connectivity index (χ0v) is 14.1. The predicted molar refractivity (Wildman–Crippen MR) is 87.2 cm³/mol. The van der Waals surface area contributed by atoms with E-state index in [1.807, 2.05) is 38.1 Å². The van der Waals surface area contributed by atoms with Gasteiger partial charge < -0.3 is 14.4 Å². The molecule has 1 aromatic carbocycles. The molecule has 23 heavy (non-hydrogen) atoms. The number of benzene rings is 1. The minimum absolute atomic E-state index is 0.00248. The quantitative estimate of drug-likeness (QED) is 0.783. The molecule has 1 heterocycles.